The number of hydrogen-bond donors (Lipinski definition) is 2. The molecular weight excluding hydrogens is 250 g/mol. The lowest BCUT2D eigenvalue weighted by molar-refractivity contribution is 0.0954. The molecule has 0 saturated carbocycles. The van der Waals surface area contributed by atoms with Gasteiger partial charge in [0.2, 0.25) is 0 Å². The minimum atomic E-state index is -0.0770. The SMILES string of the molecule is CCCCCCNC(=O)c1cc(N)nc2ccccc12. The Morgan fingerprint density at radius 3 is 2.85 bits per heavy atom. The quantitative estimate of drug-likeness (QED) is 0.793. The number of carbonyl (C=O) groups is 1. The van der Waals surface area contributed by atoms with E-state index in [1.807, 2.05) is 24.3 Å². The van der Waals surface area contributed by atoms with Crippen molar-refractivity contribution in [1.29, 1.82) is 0 Å². The molecule has 0 saturated heterocycles. The fraction of sp³-hybridized carbons (Fsp3) is 0.375. The van der Waals surface area contributed by atoms with E-state index in [-0.39, 0.29) is 5.91 Å². The number of unbranched alkanes of at least 4 members (excludes halogenated alkanes) is 3. The van der Waals surface area contributed by atoms with Crippen molar-refractivity contribution < 1.29 is 4.79 Å². The van der Waals surface area contributed by atoms with Crippen molar-refractivity contribution in [2.24, 2.45) is 0 Å². The molecule has 0 unspecified atom stereocenters. The minimum Gasteiger partial charge on any atom is -0.384 e. The van der Waals surface area contributed by atoms with Crippen molar-refractivity contribution in [2.75, 3.05) is 12.3 Å². The highest BCUT2D eigenvalue weighted by atomic mass is 16.1. The molecule has 1 heterocycles. The number of anilines is 1. The molecule has 0 aliphatic rings. The second kappa shape index (κ2) is 6.89. The zero-order valence-electron chi connectivity index (χ0n) is 11.9. The molecule has 0 fully saturated rings. The van der Waals surface area contributed by atoms with Gasteiger partial charge in [0.1, 0.15) is 5.82 Å². The number of pyridine rings is 1. The largest absolute Gasteiger partial charge is 0.384 e. The lowest BCUT2D eigenvalue weighted by atomic mass is 10.1. The Hall–Kier alpha value is -2.10. The molecule has 1 amide bonds. The molecule has 1 aromatic heterocycles. The summed E-state index contributed by atoms with van der Waals surface area (Å²) in [7, 11) is 0. The Bertz CT molecular complexity index is 595. The minimum absolute atomic E-state index is 0.0770. The Balaban J connectivity index is 2.09. The van der Waals surface area contributed by atoms with Gasteiger partial charge < -0.3 is 11.1 Å². The summed E-state index contributed by atoms with van der Waals surface area (Å²) >= 11 is 0. The van der Waals surface area contributed by atoms with Gasteiger partial charge in [0.15, 0.2) is 0 Å². The number of amides is 1. The third-order valence-corrected chi connectivity index (χ3v) is 3.30. The third kappa shape index (κ3) is 3.47. The summed E-state index contributed by atoms with van der Waals surface area (Å²) in [6.07, 6.45) is 4.56. The first kappa shape index (κ1) is 14.3. The summed E-state index contributed by atoms with van der Waals surface area (Å²) in [6, 6.07) is 9.20. The number of para-hydroxylation sites is 1. The van der Waals surface area contributed by atoms with Gasteiger partial charge in [-0.2, -0.15) is 0 Å². The van der Waals surface area contributed by atoms with Crippen LogP contribution in [0, 0.1) is 0 Å². The maximum atomic E-state index is 12.2. The molecule has 106 valence electrons. The molecule has 20 heavy (non-hydrogen) atoms. The van der Waals surface area contributed by atoms with Crippen LogP contribution < -0.4 is 11.1 Å². The number of aromatic nitrogens is 1. The van der Waals surface area contributed by atoms with Gasteiger partial charge in [0, 0.05) is 11.9 Å². The van der Waals surface area contributed by atoms with Crippen LogP contribution in [0.3, 0.4) is 0 Å². The molecule has 3 N–H and O–H groups in total. The van der Waals surface area contributed by atoms with Crippen molar-refractivity contribution in [2.45, 2.75) is 32.6 Å². The van der Waals surface area contributed by atoms with Crippen LogP contribution in [0.1, 0.15) is 43.0 Å². The van der Waals surface area contributed by atoms with Crippen LogP contribution in [-0.4, -0.2) is 17.4 Å². The highest BCUT2D eigenvalue weighted by Gasteiger charge is 2.11. The van der Waals surface area contributed by atoms with Crippen molar-refractivity contribution >= 4 is 22.6 Å². The van der Waals surface area contributed by atoms with E-state index in [9.17, 15) is 4.79 Å². The summed E-state index contributed by atoms with van der Waals surface area (Å²) in [4.78, 5) is 16.5. The predicted molar refractivity (Wildman–Crippen MR) is 82.6 cm³/mol. The second-order valence-electron chi connectivity index (χ2n) is 4.93. The monoisotopic (exact) mass is 271 g/mol. The number of hydrogen-bond acceptors (Lipinski definition) is 3. The number of fused-ring (bicyclic) bond motifs is 1. The van der Waals surface area contributed by atoms with Crippen LogP contribution in [0.2, 0.25) is 0 Å². The zero-order chi connectivity index (χ0) is 14.4. The normalized spacial score (nSPS) is 10.7. The Morgan fingerprint density at radius 2 is 2.05 bits per heavy atom. The average Bonchev–Trinajstić information content (AvgIpc) is 2.46. The standard InChI is InChI=1S/C16H21N3O/c1-2-3-4-7-10-18-16(20)13-11-15(17)19-14-9-6-5-8-12(13)14/h5-6,8-9,11H,2-4,7,10H2,1H3,(H2,17,19)(H,18,20). The number of benzene rings is 1. The van der Waals surface area contributed by atoms with Gasteiger partial charge in [-0.15, -0.1) is 0 Å². The van der Waals surface area contributed by atoms with Gasteiger partial charge in [-0.3, -0.25) is 4.79 Å². The van der Waals surface area contributed by atoms with Crippen LogP contribution in [0.25, 0.3) is 10.9 Å². The predicted octanol–water partition coefficient (Wildman–Crippen LogP) is 3.13. The Labute approximate surface area is 119 Å². The maximum Gasteiger partial charge on any atom is 0.252 e. The van der Waals surface area contributed by atoms with Crippen LogP contribution in [-0.2, 0) is 0 Å². The fourth-order valence-corrected chi connectivity index (χ4v) is 2.23. The summed E-state index contributed by atoms with van der Waals surface area (Å²) in [5.41, 5.74) is 7.12. The zero-order valence-corrected chi connectivity index (χ0v) is 11.9. The summed E-state index contributed by atoms with van der Waals surface area (Å²) in [6.45, 7) is 2.87. The van der Waals surface area contributed by atoms with Crippen LogP contribution >= 0.6 is 0 Å². The number of carbonyl (C=O) groups excluding carboxylic acids is 1. The molecule has 0 radical (unpaired) electrons. The lowest BCUT2D eigenvalue weighted by Gasteiger charge is -2.08. The summed E-state index contributed by atoms with van der Waals surface area (Å²) in [5.74, 6) is 0.298. The Kier molecular flexibility index (Phi) is 4.93. The molecule has 0 aliphatic carbocycles. The first-order chi connectivity index (χ1) is 9.72. The Morgan fingerprint density at radius 1 is 1.25 bits per heavy atom. The first-order valence-corrected chi connectivity index (χ1v) is 7.16. The molecule has 0 atom stereocenters. The van der Waals surface area contributed by atoms with Crippen LogP contribution in [0.15, 0.2) is 30.3 Å². The van der Waals surface area contributed by atoms with E-state index in [2.05, 4.69) is 17.2 Å². The van der Waals surface area contributed by atoms with E-state index in [1.54, 1.807) is 6.07 Å². The van der Waals surface area contributed by atoms with Crippen molar-refractivity contribution in [3.8, 4) is 0 Å². The molecule has 0 spiro atoms. The van der Waals surface area contributed by atoms with Gasteiger partial charge in [-0.1, -0.05) is 44.4 Å². The third-order valence-electron chi connectivity index (χ3n) is 3.30. The molecule has 4 nitrogen and oxygen atoms in total. The van der Waals surface area contributed by atoms with E-state index >= 15 is 0 Å². The van der Waals surface area contributed by atoms with Crippen molar-refractivity contribution in [1.82, 2.24) is 10.3 Å². The van der Waals surface area contributed by atoms with Crippen molar-refractivity contribution in [3.05, 3.63) is 35.9 Å². The molecule has 4 heteroatoms. The van der Waals surface area contributed by atoms with E-state index in [0.717, 1.165) is 23.7 Å². The van der Waals surface area contributed by atoms with Gasteiger partial charge >= 0.3 is 0 Å². The molecule has 2 aromatic rings. The highest BCUT2D eigenvalue weighted by molar-refractivity contribution is 6.06. The summed E-state index contributed by atoms with van der Waals surface area (Å²) in [5, 5.41) is 3.80. The smallest absolute Gasteiger partial charge is 0.252 e. The van der Waals surface area contributed by atoms with E-state index < -0.39 is 0 Å². The number of rotatable bonds is 6. The van der Waals surface area contributed by atoms with Gasteiger partial charge in [-0.05, 0) is 18.6 Å². The topological polar surface area (TPSA) is 68.0 Å². The van der Waals surface area contributed by atoms with Crippen LogP contribution in [0.5, 0.6) is 0 Å². The van der Waals surface area contributed by atoms with E-state index in [0.29, 0.717) is 17.9 Å². The molecule has 2 rings (SSSR count). The van der Waals surface area contributed by atoms with Crippen LogP contribution in [0.4, 0.5) is 5.82 Å². The molecule has 0 bridgehead atoms. The van der Waals surface area contributed by atoms with E-state index in [4.69, 9.17) is 5.73 Å². The number of nitrogen functional groups attached to an aromatic ring is 1. The number of nitrogens with zero attached hydrogens (tertiary/aromatic N) is 1. The number of nitrogens with two attached hydrogens (primary N) is 1. The maximum absolute atomic E-state index is 12.2. The van der Waals surface area contributed by atoms with Gasteiger partial charge in [0.25, 0.3) is 5.91 Å². The fourth-order valence-electron chi connectivity index (χ4n) is 2.23. The first-order valence-electron chi connectivity index (χ1n) is 7.16. The second-order valence-corrected chi connectivity index (χ2v) is 4.93. The van der Waals surface area contributed by atoms with Crippen molar-refractivity contribution in [3.63, 3.8) is 0 Å². The van der Waals surface area contributed by atoms with Gasteiger partial charge in [-0.25, -0.2) is 4.98 Å². The van der Waals surface area contributed by atoms with E-state index in [1.165, 1.54) is 12.8 Å². The van der Waals surface area contributed by atoms with Gasteiger partial charge in [0.05, 0.1) is 11.1 Å². The average molecular weight is 271 g/mol. The molecule has 0 aliphatic heterocycles. The summed E-state index contributed by atoms with van der Waals surface area (Å²) < 4.78 is 0. The highest BCUT2D eigenvalue weighted by Crippen LogP contribution is 2.19. The molecular formula is C16H21N3O. The molecule has 1 aromatic carbocycles. The lowest BCUT2D eigenvalue weighted by Crippen LogP contribution is -2.25. The number of nitrogens with one attached hydrogen (secondary N) is 1.